The van der Waals surface area contributed by atoms with E-state index in [1.54, 1.807) is 0 Å². The van der Waals surface area contributed by atoms with E-state index in [0.29, 0.717) is 5.82 Å². The number of hydrogen-bond donors (Lipinski definition) is 0. The zero-order valence-electron chi connectivity index (χ0n) is 27.4. The van der Waals surface area contributed by atoms with Crippen molar-refractivity contribution in [3.63, 3.8) is 0 Å². The molecule has 0 fully saturated rings. The summed E-state index contributed by atoms with van der Waals surface area (Å²) in [6.07, 6.45) is 9.27. The molecule has 0 aliphatic heterocycles. The zero-order valence-corrected chi connectivity index (χ0v) is 27.4. The Labute approximate surface area is 263 Å². The van der Waals surface area contributed by atoms with Crippen molar-refractivity contribution in [1.82, 2.24) is 24.5 Å². The molecule has 0 bridgehead atoms. The third-order valence-corrected chi connectivity index (χ3v) is 8.40. The summed E-state index contributed by atoms with van der Waals surface area (Å²) in [6.45, 7) is 17.0. The molecule has 226 valence electrons. The third kappa shape index (κ3) is 5.06. The average Bonchev–Trinajstić information content (AvgIpc) is 3.60. The largest absolute Gasteiger partial charge is 0.461 e. The molecule has 3 aromatic carbocycles. The van der Waals surface area contributed by atoms with Crippen molar-refractivity contribution in [1.29, 1.82) is 0 Å². The number of aromatic nitrogens is 6. The van der Waals surface area contributed by atoms with Gasteiger partial charge in [0.05, 0.1) is 18.4 Å². The number of pyridine rings is 1. The maximum Gasteiger partial charge on any atom is 0.243 e. The summed E-state index contributed by atoms with van der Waals surface area (Å²) in [5.74, 6) is 2.28. The molecule has 0 unspecified atom stereocenters. The first-order valence-corrected chi connectivity index (χ1v) is 15.4. The summed E-state index contributed by atoms with van der Waals surface area (Å²) in [5, 5.41) is 4.19. The molecule has 45 heavy (non-hydrogen) atoms. The van der Waals surface area contributed by atoms with E-state index in [1.807, 2.05) is 34.8 Å². The fourth-order valence-electron chi connectivity index (χ4n) is 5.61. The van der Waals surface area contributed by atoms with Crippen molar-refractivity contribution < 1.29 is 8.98 Å². The van der Waals surface area contributed by atoms with Gasteiger partial charge in [-0.1, -0.05) is 53.7 Å². The van der Waals surface area contributed by atoms with Crippen LogP contribution in [0.2, 0.25) is 0 Å². The summed E-state index contributed by atoms with van der Waals surface area (Å²) >= 11 is 0. The second-order valence-electron chi connectivity index (χ2n) is 14.2. The first-order chi connectivity index (χ1) is 21.3. The molecule has 0 saturated carbocycles. The van der Waals surface area contributed by atoms with E-state index in [0.717, 1.165) is 66.9 Å². The van der Waals surface area contributed by atoms with Crippen LogP contribution in [0.25, 0.3) is 61.0 Å². The molecule has 7 aromatic rings. The van der Waals surface area contributed by atoms with E-state index in [-0.39, 0.29) is 10.8 Å². The van der Waals surface area contributed by atoms with Crippen molar-refractivity contribution in [2.75, 3.05) is 0 Å². The van der Waals surface area contributed by atoms with Crippen LogP contribution in [0, 0.1) is 20.2 Å². The summed E-state index contributed by atoms with van der Waals surface area (Å²) in [7, 11) is 1.97. The van der Waals surface area contributed by atoms with Crippen LogP contribution in [-0.2, 0) is 17.9 Å². The molecule has 0 N–H and O–H groups in total. The smallest absolute Gasteiger partial charge is 0.243 e. The van der Waals surface area contributed by atoms with Crippen molar-refractivity contribution in [2.45, 2.75) is 66.2 Å². The van der Waals surface area contributed by atoms with Gasteiger partial charge in [0.25, 0.3) is 0 Å². The highest BCUT2D eigenvalue weighted by Crippen LogP contribution is 2.40. The van der Waals surface area contributed by atoms with Gasteiger partial charge in [0.15, 0.2) is 5.82 Å². The monoisotopic (exact) mass is 594 g/mol. The van der Waals surface area contributed by atoms with Crippen LogP contribution in [-0.4, -0.2) is 24.5 Å². The number of benzene rings is 3. The van der Waals surface area contributed by atoms with Crippen molar-refractivity contribution in [3.8, 4) is 28.3 Å². The Balaban J connectivity index is 1.44. The lowest BCUT2D eigenvalue weighted by Gasteiger charge is -2.22. The second kappa shape index (κ2) is 10.1. The van der Waals surface area contributed by atoms with E-state index in [9.17, 15) is 0 Å². The average molecular weight is 595 g/mol. The molecule has 0 aliphatic rings. The van der Waals surface area contributed by atoms with Gasteiger partial charge in [0.2, 0.25) is 6.33 Å². The van der Waals surface area contributed by atoms with Gasteiger partial charge in [-0.25, -0.2) is 15.0 Å². The Morgan fingerprint density at radius 1 is 0.733 bits per heavy atom. The van der Waals surface area contributed by atoms with E-state index >= 15 is 0 Å². The van der Waals surface area contributed by atoms with E-state index < -0.39 is 0 Å². The summed E-state index contributed by atoms with van der Waals surface area (Å²) in [6, 6.07) is 17.2. The number of furan rings is 1. The van der Waals surface area contributed by atoms with Crippen LogP contribution in [0.4, 0.5) is 0 Å². The fourth-order valence-corrected chi connectivity index (χ4v) is 5.61. The van der Waals surface area contributed by atoms with Crippen molar-refractivity contribution in [2.24, 2.45) is 7.05 Å². The minimum absolute atomic E-state index is 0.202. The van der Waals surface area contributed by atoms with Gasteiger partial charge in [-0.3, -0.25) is 4.98 Å². The van der Waals surface area contributed by atoms with E-state index in [4.69, 9.17) is 24.4 Å². The topological polar surface area (TPSA) is 73.5 Å². The van der Waals surface area contributed by atoms with Gasteiger partial charge >= 0.3 is 0 Å². The highest BCUT2D eigenvalue weighted by molar-refractivity contribution is 6.17. The lowest BCUT2D eigenvalue weighted by Crippen LogP contribution is -2.24. The Morgan fingerprint density at radius 3 is 2.09 bits per heavy atom. The highest BCUT2D eigenvalue weighted by atomic mass is 16.3. The summed E-state index contributed by atoms with van der Waals surface area (Å²) in [5.41, 5.74) is 7.46. The Hall–Kier alpha value is -4.91. The van der Waals surface area contributed by atoms with Gasteiger partial charge in [0.1, 0.15) is 22.8 Å². The molecule has 4 heterocycles. The van der Waals surface area contributed by atoms with Crippen LogP contribution in [0.3, 0.4) is 0 Å². The summed E-state index contributed by atoms with van der Waals surface area (Å²) in [4.78, 5) is 19.5. The van der Waals surface area contributed by atoms with E-state index in [2.05, 4.69) is 110 Å². The normalized spacial score (nSPS) is 12.6. The molecule has 7 rings (SSSR count). The van der Waals surface area contributed by atoms with Gasteiger partial charge in [-0.2, -0.15) is 0 Å². The molecule has 0 amide bonds. The minimum Gasteiger partial charge on any atom is -0.461 e. The number of aryl methyl sites for hydroxylation is 3. The predicted molar refractivity (Wildman–Crippen MR) is 179 cm³/mol. The highest BCUT2D eigenvalue weighted by Gasteiger charge is 2.26. The molecule has 7 nitrogen and oxygen atoms in total. The SMILES string of the molecule is Cc1cnc(-c2cc(-n3[c-][n+](C)cc3)c3oc4c5ccc(-c6nc(C(C)(C)C)nc(C(C)(C)C)n6)cc5ccc4c3c2)cc1C. The Morgan fingerprint density at radius 2 is 1.44 bits per heavy atom. The maximum absolute atomic E-state index is 6.76. The van der Waals surface area contributed by atoms with Crippen LogP contribution < -0.4 is 4.57 Å². The molecular weight excluding hydrogens is 556 g/mol. The van der Waals surface area contributed by atoms with Crippen molar-refractivity contribution >= 4 is 32.7 Å². The van der Waals surface area contributed by atoms with Gasteiger partial charge in [-0.05, 0) is 72.3 Å². The van der Waals surface area contributed by atoms with Gasteiger partial charge < -0.3 is 13.6 Å². The summed E-state index contributed by atoms with van der Waals surface area (Å²) < 4.78 is 10.6. The molecule has 0 radical (unpaired) electrons. The maximum atomic E-state index is 6.76. The molecule has 0 aliphatic carbocycles. The Kier molecular flexibility index (Phi) is 6.45. The zero-order chi connectivity index (χ0) is 31.8. The van der Waals surface area contributed by atoms with Crippen LogP contribution in [0.5, 0.6) is 0 Å². The van der Waals surface area contributed by atoms with Crippen LogP contribution in [0.15, 0.2) is 71.5 Å². The lowest BCUT2D eigenvalue weighted by molar-refractivity contribution is -0.674. The molecule has 0 spiro atoms. The van der Waals surface area contributed by atoms with Crippen LogP contribution >= 0.6 is 0 Å². The molecular formula is C38H38N6O. The fraction of sp³-hybridized carbons (Fsp3) is 0.289. The number of rotatable bonds is 3. The first kappa shape index (κ1) is 28.8. The third-order valence-electron chi connectivity index (χ3n) is 8.40. The number of imidazole rings is 1. The first-order valence-electron chi connectivity index (χ1n) is 15.4. The number of fused-ring (bicyclic) bond motifs is 5. The van der Waals surface area contributed by atoms with E-state index in [1.165, 1.54) is 11.1 Å². The van der Waals surface area contributed by atoms with Crippen molar-refractivity contribution in [3.05, 3.63) is 96.2 Å². The molecule has 7 heteroatoms. The van der Waals surface area contributed by atoms with Crippen LogP contribution in [0.1, 0.15) is 64.3 Å². The second-order valence-corrected chi connectivity index (χ2v) is 14.2. The molecule has 0 saturated heterocycles. The standard InChI is InChI=1S/C38H38N6O/c1-22-16-30(39-20-23(22)2)26-18-29-28-13-10-24-17-25(34-40-35(37(3,4)5)42-36(41-34)38(6,7)8)11-12-27(24)32(28)45-33(29)31(19-26)44-15-14-43(9)21-44/h10-20H,1-9H3. The van der Waals surface area contributed by atoms with Gasteiger partial charge in [-0.15, -0.1) is 0 Å². The minimum atomic E-state index is -0.202. The molecule has 4 aromatic heterocycles. The predicted octanol–water partition coefficient (Wildman–Crippen LogP) is 8.28. The number of hydrogen-bond acceptors (Lipinski definition) is 5. The quantitative estimate of drug-likeness (QED) is 0.152. The lowest BCUT2D eigenvalue weighted by atomic mass is 9.93. The number of nitrogens with zero attached hydrogens (tertiary/aromatic N) is 6. The Bertz CT molecular complexity index is 2240. The van der Waals surface area contributed by atoms with Gasteiger partial charge in [0, 0.05) is 51.1 Å². The molecule has 0 atom stereocenters.